The van der Waals surface area contributed by atoms with Crippen LogP contribution in [-0.4, -0.2) is 89.8 Å². The zero-order valence-corrected chi connectivity index (χ0v) is 20.2. The standard InChI is InChI=1S/C10H23NO19P4/c11-3-1-2-5(9(15)16)26-31(17,18)28-33(21,22)30-34(23,24)29-32(19,20)27-10-8(14)7(13)6(4-12)25-10/h5-8,10,12-14H,1-4,11H2,(H,15,16)(H,17,18)(H,19,20)(H,21,22)(H,23,24)/t5?,6-,7-,8-,10?/m1/s1. The molecule has 24 heteroatoms. The lowest BCUT2D eigenvalue weighted by atomic mass is 10.1. The number of carboxylic acid groups (broad SMARTS) is 1. The van der Waals surface area contributed by atoms with Crippen molar-refractivity contribution in [3.63, 3.8) is 0 Å². The number of rotatable bonds is 15. The van der Waals surface area contributed by atoms with Gasteiger partial charge < -0.3 is 50.5 Å². The van der Waals surface area contributed by atoms with Gasteiger partial charge in [-0.2, -0.15) is 12.9 Å². The number of hydrogen-bond acceptors (Lipinski definition) is 15. The van der Waals surface area contributed by atoms with Crippen molar-refractivity contribution >= 4 is 37.3 Å². The second kappa shape index (κ2) is 12.4. The molecular weight excluding hydrogens is 562 g/mol. The second-order valence-corrected chi connectivity index (χ2v) is 12.4. The van der Waals surface area contributed by atoms with Gasteiger partial charge in [-0.15, -0.1) is 0 Å². The molecule has 0 aromatic rings. The molecule has 1 rings (SSSR count). The third-order valence-electron chi connectivity index (χ3n) is 3.56. The van der Waals surface area contributed by atoms with Crippen LogP contribution in [0.4, 0.5) is 0 Å². The van der Waals surface area contributed by atoms with Gasteiger partial charge in [0.2, 0.25) is 0 Å². The van der Waals surface area contributed by atoms with Crippen LogP contribution in [0, 0.1) is 0 Å². The van der Waals surface area contributed by atoms with Crippen molar-refractivity contribution < 1.29 is 89.8 Å². The van der Waals surface area contributed by atoms with Crippen LogP contribution in [0.2, 0.25) is 0 Å². The van der Waals surface area contributed by atoms with E-state index in [4.69, 9.17) is 15.9 Å². The lowest BCUT2D eigenvalue weighted by Crippen LogP contribution is -2.34. The van der Waals surface area contributed by atoms with E-state index < -0.39 is 81.0 Å². The summed E-state index contributed by atoms with van der Waals surface area (Å²) in [6.45, 7) is -0.929. The van der Waals surface area contributed by atoms with Crippen molar-refractivity contribution in [3.05, 3.63) is 0 Å². The van der Waals surface area contributed by atoms with Gasteiger partial charge in [-0.25, -0.2) is 23.1 Å². The summed E-state index contributed by atoms with van der Waals surface area (Å²) in [4.78, 5) is 48.8. The molecule has 20 nitrogen and oxygen atoms in total. The molecule has 10 N–H and O–H groups in total. The Labute approximate surface area is 190 Å². The summed E-state index contributed by atoms with van der Waals surface area (Å²) < 4.78 is 71.2. The molecule has 0 amide bonds. The van der Waals surface area contributed by atoms with Crippen LogP contribution < -0.4 is 5.73 Å². The van der Waals surface area contributed by atoms with Gasteiger partial charge in [0, 0.05) is 0 Å². The first-order valence-corrected chi connectivity index (χ1v) is 14.7. The van der Waals surface area contributed by atoms with Crippen LogP contribution >= 0.6 is 31.3 Å². The molecule has 1 saturated heterocycles. The Morgan fingerprint density at radius 3 is 1.85 bits per heavy atom. The van der Waals surface area contributed by atoms with E-state index in [1.165, 1.54) is 0 Å². The van der Waals surface area contributed by atoms with E-state index in [9.17, 15) is 52.8 Å². The average molecular weight is 585 g/mol. The SMILES string of the molecule is NCCCC(OP(=O)(O)OP(=O)(O)OP(=O)(O)OP(=O)(O)OC1O[C@H](CO)[C@@H](O)[C@H]1O)C(=O)O. The zero-order chi connectivity index (χ0) is 26.5. The third kappa shape index (κ3) is 10.4. The fraction of sp³-hybridized carbons (Fsp3) is 0.900. The van der Waals surface area contributed by atoms with Gasteiger partial charge in [-0.05, 0) is 19.4 Å². The number of ether oxygens (including phenoxy) is 1. The summed E-state index contributed by atoms with van der Waals surface area (Å²) in [6.07, 6.45) is -10.1. The lowest BCUT2D eigenvalue weighted by molar-refractivity contribution is -0.146. The average Bonchev–Trinajstić information content (AvgIpc) is 2.88. The molecule has 0 saturated carbocycles. The normalized spacial score (nSPS) is 31.1. The molecule has 9 atom stereocenters. The van der Waals surface area contributed by atoms with Crippen molar-refractivity contribution in [2.75, 3.05) is 13.2 Å². The molecule has 1 fully saturated rings. The first kappa shape index (κ1) is 31.9. The molecule has 202 valence electrons. The molecule has 1 aliphatic heterocycles. The minimum absolute atomic E-state index is 0.0226. The molecular formula is C10H23NO19P4. The highest BCUT2D eigenvalue weighted by atomic mass is 31.3. The van der Waals surface area contributed by atoms with Crippen LogP contribution in [0.15, 0.2) is 0 Å². The smallest absolute Gasteiger partial charge is 0.479 e. The van der Waals surface area contributed by atoms with Crippen molar-refractivity contribution in [3.8, 4) is 0 Å². The molecule has 6 unspecified atom stereocenters. The zero-order valence-electron chi connectivity index (χ0n) is 16.6. The molecule has 0 bridgehead atoms. The van der Waals surface area contributed by atoms with Crippen LogP contribution in [0.1, 0.15) is 12.8 Å². The lowest BCUT2D eigenvalue weighted by Gasteiger charge is -2.22. The quantitative estimate of drug-likeness (QED) is 0.0947. The highest BCUT2D eigenvalue weighted by Gasteiger charge is 2.50. The number of phosphoric acid groups is 4. The fourth-order valence-corrected chi connectivity index (χ4v) is 7.40. The largest absolute Gasteiger partial charge is 0.490 e. The first-order valence-electron chi connectivity index (χ1n) is 8.71. The van der Waals surface area contributed by atoms with Crippen LogP contribution in [-0.2, 0) is 49.8 Å². The van der Waals surface area contributed by atoms with E-state index in [-0.39, 0.29) is 13.0 Å². The van der Waals surface area contributed by atoms with Gasteiger partial charge in [0.15, 0.2) is 12.4 Å². The van der Waals surface area contributed by atoms with Gasteiger partial charge in [0.05, 0.1) is 6.61 Å². The van der Waals surface area contributed by atoms with Crippen molar-refractivity contribution in [1.29, 1.82) is 0 Å². The minimum Gasteiger partial charge on any atom is -0.479 e. The van der Waals surface area contributed by atoms with Gasteiger partial charge >= 0.3 is 37.3 Å². The summed E-state index contributed by atoms with van der Waals surface area (Å²) in [7, 11) is -23.9. The van der Waals surface area contributed by atoms with Crippen LogP contribution in [0.3, 0.4) is 0 Å². The topological polar surface area (TPSA) is 329 Å². The van der Waals surface area contributed by atoms with E-state index in [1.807, 2.05) is 0 Å². The fourth-order valence-electron chi connectivity index (χ4n) is 2.23. The highest BCUT2D eigenvalue weighted by molar-refractivity contribution is 7.69. The van der Waals surface area contributed by atoms with Crippen molar-refractivity contribution in [1.82, 2.24) is 0 Å². The summed E-state index contributed by atoms with van der Waals surface area (Å²) >= 11 is 0. The molecule has 0 aliphatic carbocycles. The Kier molecular flexibility index (Phi) is 11.6. The molecule has 0 aromatic carbocycles. The molecule has 34 heavy (non-hydrogen) atoms. The van der Waals surface area contributed by atoms with Gasteiger partial charge in [-0.1, -0.05) is 0 Å². The summed E-state index contributed by atoms with van der Waals surface area (Å²) in [5, 5.41) is 37.0. The maximum atomic E-state index is 11.9. The first-order chi connectivity index (χ1) is 15.3. The molecule has 1 aliphatic rings. The number of hydrogen-bond donors (Lipinski definition) is 9. The summed E-state index contributed by atoms with van der Waals surface area (Å²) in [5.41, 5.74) is 5.15. The van der Waals surface area contributed by atoms with E-state index in [1.54, 1.807) is 0 Å². The number of carbonyl (C=O) groups is 1. The predicted molar refractivity (Wildman–Crippen MR) is 102 cm³/mol. The monoisotopic (exact) mass is 585 g/mol. The maximum Gasteiger partial charge on any atom is 0.490 e. The van der Waals surface area contributed by atoms with Gasteiger partial charge in [0.25, 0.3) is 0 Å². The van der Waals surface area contributed by atoms with Gasteiger partial charge in [0.1, 0.15) is 18.3 Å². The highest BCUT2D eigenvalue weighted by Crippen LogP contribution is 2.71. The van der Waals surface area contributed by atoms with Crippen LogP contribution in [0.5, 0.6) is 0 Å². The number of aliphatic carboxylic acids is 1. The Balaban J connectivity index is 2.82. The molecule has 0 aromatic heterocycles. The van der Waals surface area contributed by atoms with E-state index in [0.717, 1.165) is 0 Å². The maximum absolute atomic E-state index is 11.9. The number of aliphatic hydroxyl groups is 3. The third-order valence-corrected chi connectivity index (χ3v) is 9.51. The molecule has 0 spiro atoms. The number of aliphatic hydroxyl groups excluding tert-OH is 3. The van der Waals surface area contributed by atoms with E-state index >= 15 is 0 Å². The summed E-state index contributed by atoms with van der Waals surface area (Å²) in [5.74, 6) is -1.79. The second-order valence-electron chi connectivity index (χ2n) is 6.29. The Bertz CT molecular complexity index is 896. The minimum atomic E-state index is -6.15. The Morgan fingerprint density at radius 1 is 0.912 bits per heavy atom. The van der Waals surface area contributed by atoms with Crippen molar-refractivity contribution in [2.24, 2.45) is 5.73 Å². The van der Waals surface area contributed by atoms with Crippen molar-refractivity contribution in [2.45, 2.75) is 43.5 Å². The number of phosphoric ester groups is 2. The van der Waals surface area contributed by atoms with Crippen LogP contribution in [0.25, 0.3) is 0 Å². The Morgan fingerprint density at radius 2 is 1.41 bits per heavy atom. The summed E-state index contributed by atoms with van der Waals surface area (Å²) in [6, 6.07) is 0. The molecule has 1 heterocycles. The van der Waals surface area contributed by atoms with Gasteiger partial charge in [-0.3, -0.25) is 9.05 Å². The predicted octanol–water partition coefficient (Wildman–Crippen LogP) is -1.90. The number of carboxylic acids is 1. The molecule has 0 radical (unpaired) electrons. The Hall–Kier alpha value is -0.170. The number of nitrogens with two attached hydrogens (primary N) is 1. The van der Waals surface area contributed by atoms with E-state index in [0.29, 0.717) is 0 Å². The van der Waals surface area contributed by atoms with E-state index in [2.05, 4.69) is 26.7 Å².